The van der Waals surface area contributed by atoms with Gasteiger partial charge in [0.1, 0.15) is 6.61 Å². The number of pyridine rings is 1. The van der Waals surface area contributed by atoms with Gasteiger partial charge in [-0.25, -0.2) is 0 Å². The van der Waals surface area contributed by atoms with Crippen LogP contribution in [0.15, 0.2) is 41.7 Å². The van der Waals surface area contributed by atoms with E-state index < -0.39 is 0 Å². The number of para-hydroxylation sites is 1. The molecule has 1 aliphatic rings. The first-order valence-corrected chi connectivity index (χ1v) is 8.75. The number of carbonyl (C=O) groups excluding carboxylic acids is 1. The number of hydrogen-bond acceptors (Lipinski definition) is 4. The summed E-state index contributed by atoms with van der Waals surface area (Å²) in [5.74, 6) is 0.203. The van der Waals surface area contributed by atoms with E-state index in [0.717, 1.165) is 35.0 Å². The van der Waals surface area contributed by atoms with Gasteiger partial charge in [0.15, 0.2) is 0 Å². The first kappa shape index (κ1) is 17.4. The Hall–Kier alpha value is -2.43. The molecule has 5 nitrogen and oxygen atoms in total. The summed E-state index contributed by atoms with van der Waals surface area (Å²) in [7, 11) is 0. The van der Waals surface area contributed by atoms with Crippen molar-refractivity contribution >= 4 is 22.5 Å². The lowest BCUT2D eigenvalue weighted by molar-refractivity contribution is -0.139. The van der Waals surface area contributed by atoms with E-state index in [0.29, 0.717) is 19.7 Å². The number of fused-ring (bicyclic) bond motifs is 1. The number of piperidine rings is 1. The molecule has 132 valence electrons. The average molecular weight is 339 g/mol. The van der Waals surface area contributed by atoms with E-state index in [2.05, 4.69) is 10.1 Å². The maximum absolute atomic E-state index is 12.3. The summed E-state index contributed by atoms with van der Waals surface area (Å²) < 4.78 is 0. The van der Waals surface area contributed by atoms with Crippen molar-refractivity contribution in [3.8, 4) is 0 Å². The molecular weight excluding hydrogens is 314 g/mol. The molecule has 0 spiro atoms. The molecule has 1 amide bonds. The second-order valence-electron chi connectivity index (χ2n) is 7.47. The van der Waals surface area contributed by atoms with Gasteiger partial charge in [0.05, 0.1) is 11.2 Å². The van der Waals surface area contributed by atoms with Gasteiger partial charge in [-0.1, -0.05) is 50.2 Å². The number of oxime groups is 1. The molecule has 2 aromatic rings. The lowest BCUT2D eigenvalue weighted by atomic mass is 9.93. The lowest BCUT2D eigenvalue weighted by Gasteiger charge is -2.32. The summed E-state index contributed by atoms with van der Waals surface area (Å²) >= 11 is 0. The molecule has 0 bridgehead atoms. The van der Waals surface area contributed by atoms with Crippen molar-refractivity contribution in [2.75, 3.05) is 13.1 Å². The minimum atomic E-state index is -0.327. The fourth-order valence-corrected chi connectivity index (χ4v) is 3.01. The van der Waals surface area contributed by atoms with Crippen molar-refractivity contribution in [2.24, 2.45) is 10.6 Å². The van der Waals surface area contributed by atoms with Crippen LogP contribution in [0.25, 0.3) is 10.9 Å². The van der Waals surface area contributed by atoms with Crippen molar-refractivity contribution in [1.29, 1.82) is 0 Å². The highest BCUT2D eigenvalue weighted by Gasteiger charge is 2.29. The van der Waals surface area contributed by atoms with Gasteiger partial charge < -0.3 is 9.74 Å². The number of benzene rings is 1. The predicted molar refractivity (Wildman–Crippen MR) is 99.2 cm³/mol. The number of carbonyl (C=O) groups is 1. The normalized spacial score (nSPS) is 15.3. The highest BCUT2D eigenvalue weighted by Crippen LogP contribution is 2.21. The van der Waals surface area contributed by atoms with Gasteiger partial charge in [0.2, 0.25) is 5.91 Å². The third kappa shape index (κ3) is 4.16. The first-order valence-electron chi connectivity index (χ1n) is 8.75. The molecule has 1 aromatic carbocycles. The zero-order chi connectivity index (χ0) is 17.9. The number of nitrogens with zero attached hydrogens (tertiary/aromatic N) is 3. The highest BCUT2D eigenvalue weighted by atomic mass is 16.6. The Morgan fingerprint density at radius 1 is 1.20 bits per heavy atom. The molecule has 1 aromatic heterocycles. The SMILES string of the molecule is CC(C)(C)C(=O)N1CCC(=NOCc2cccc3cccnc23)CC1. The van der Waals surface area contributed by atoms with Crippen molar-refractivity contribution in [2.45, 2.75) is 40.2 Å². The molecule has 0 radical (unpaired) electrons. The molecule has 0 N–H and O–H groups in total. The summed E-state index contributed by atoms with van der Waals surface area (Å²) in [6, 6.07) is 10.0. The van der Waals surface area contributed by atoms with Gasteiger partial charge in [-0.3, -0.25) is 9.78 Å². The van der Waals surface area contributed by atoms with Crippen LogP contribution < -0.4 is 0 Å². The largest absolute Gasteiger partial charge is 0.391 e. The number of aromatic nitrogens is 1. The molecule has 0 saturated carbocycles. The Bertz CT molecular complexity index is 778. The monoisotopic (exact) mass is 339 g/mol. The summed E-state index contributed by atoms with van der Waals surface area (Å²) in [6.45, 7) is 7.71. The molecule has 0 unspecified atom stereocenters. The third-order valence-corrected chi connectivity index (χ3v) is 4.40. The maximum atomic E-state index is 12.3. The van der Waals surface area contributed by atoms with Crippen LogP contribution in [0, 0.1) is 5.41 Å². The van der Waals surface area contributed by atoms with Gasteiger partial charge in [0.25, 0.3) is 0 Å². The minimum absolute atomic E-state index is 0.203. The fourth-order valence-electron chi connectivity index (χ4n) is 3.01. The van der Waals surface area contributed by atoms with Crippen LogP contribution in [0.2, 0.25) is 0 Å². The van der Waals surface area contributed by atoms with Crippen molar-refractivity contribution < 1.29 is 9.63 Å². The second-order valence-corrected chi connectivity index (χ2v) is 7.47. The van der Waals surface area contributed by atoms with Gasteiger partial charge in [-0.15, -0.1) is 0 Å². The molecule has 2 heterocycles. The Balaban J connectivity index is 1.56. The van der Waals surface area contributed by atoms with Crippen LogP contribution in [0.4, 0.5) is 0 Å². The van der Waals surface area contributed by atoms with Crippen molar-refractivity contribution in [3.05, 3.63) is 42.1 Å². The van der Waals surface area contributed by atoms with E-state index in [1.165, 1.54) is 0 Å². The standard InChI is InChI=1S/C20H25N3O2/c1-20(2,3)19(24)23-12-9-17(10-13-23)22-25-14-16-7-4-6-15-8-5-11-21-18(15)16/h4-8,11H,9-10,12-14H2,1-3H3. The van der Waals surface area contributed by atoms with Crippen molar-refractivity contribution in [3.63, 3.8) is 0 Å². The van der Waals surface area contributed by atoms with Crippen LogP contribution in [-0.4, -0.2) is 34.6 Å². The summed E-state index contributed by atoms with van der Waals surface area (Å²) in [5, 5.41) is 5.39. The van der Waals surface area contributed by atoms with E-state index in [1.807, 2.05) is 56.0 Å². The van der Waals surface area contributed by atoms with Crippen LogP contribution in [-0.2, 0) is 16.2 Å². The number of hydrogen-bond donors (Lipinski definition) is 0. The Morgan fingerprint density at radius 3 is 2.64 bits per heavy atom. The number of rotatable bonds is 3. The van der Waals surface area contributed by atoms with E-state index in [4.69, 9.17) is 4.84 Å². The molecule has 5 heteroatoms. The molecule has 3 rings (SSSR count). The van der Waals surface area contributed by atoms with Gasteiger partial charge in [-0.2, -0.15) is 0 Å². The van der Waals surface area contributed by atoms with Crippen LogP contribution in [0.5, 0.6) is 0 Å². The zero-order valence-corrected chi connectivity index (χ0v) is 15.2. The first-order chi connectivity index (χ1) is 11.9. The fraction of sp³-hybridized carbons (Fsp3) is 0.450. The second kappa shape index (κ2) is 7.21. The molecule has 25 heavy (non-hydrogen) atoms. The summed E-state index contributed by atoms with van der Waals surface area (Å²) in [4.78, 5) is 24.2. The van der Waals surface area contributed by atoms with E-state index >= 15 is 0 Å². The lowest BCUT2D eigenvalue weighted by Crippen LogP contribution is -2.44. The molecule has 0 atom stereocenters. The highest BCUT2D eigenvalue weighted by molar-refractivity contribution is 5.88. The Kier molecular flexibility index (Phi) is 5.02. The van der Waals surface area contributed by atoms with Crippen molar-refractivity contribution in [1.82, 2.24) is 9.88 Å². The molecule has 1 aliphatic heterocycles. The predicted octanol–water partition coefficient (Wildman–Crippen LogP) is 3.78. The van der Waals surface area contributed by atoms with E-state index in [-0.39, 0.29) is 11.3 Å². The molecule has 1 fully saturated rings. The zero-order valence-electron chi connectivity index (χ0n) is 15.2. The molecule has 0 aliphatic carbocycles. The maximum Gasteiger partial charge on any atom is 0.227 e. The topological polar surface area (TPSA) is 54.8 Å². The van der Waals surface area contributed by atoms with Crippen LogP contribution in [0.3, 0.4) is 0 Å². The third-order valence-electron chi connectivity index (χ3n) is 4.40. The van der Waals surface area contributed by atoms with Gasteiger partial charge >= 0.3 is 0 Å². The van der Waals surface area contributed by atoms with Gasteiger partial charge in [-0.05, 0) is 6.07 Å². The smallest absolute Gasteiger partial charge is 0.227 e. The van der Waals surface area contributed by atoms with E-state index in [1.54, 1.807) is 6.20 Å². The van der Waals surface area contributed by atoms with Crippen LogP contribution in [0.1, 0.15) is 39.2 Å². The average Bonchev–Trinajstić information content (AvgIpc) is 2.61. The van der Waals surface area contributed by atoms with Gasteiger partial charge in [0, 0.05) is 48.5 Å². The quantitative estimate of drug-likeness (QED) is 0.800. The molecular formula is C20H25N3O2. The van der Waals surface area contributed by atoms with E-state index in [9.17, 15) is 4.79 Å². The summed E-state index contributed by atoms with van der Waals surface area (Å²) in [6.07, 6.45) is 3.34. The Morgan fingerprint density at radius 2 is 1.92 bits per heavy atom. The van der Waals surface area contributed by atoms with Crippen LogP contribution >= 0.6 is 0 Å². The minimum Gasteiger partial charge on any atom is -0.391 e. The molecule has 1 saturated heterocycles. The summed E-state index contributed by atoms with van der Waals surface area (Å²) in [5.41, 5.74) is 2.68. The number of likely N-dealkylation sites (tertiary alicyclic amines) is 1. The number of amides is 1. The Labute approximate surface area is 148 Å².